The molecule has 1 saturated carbocycles. The molecule has 1 saturated heterocycles. The van der Waals surface area contributed by atoms with Crippen LogP contribution in [0.5, 0.6) is 0 Å². The molecule has 0 radical (unpaired) electrons. The van der Waals surface area contributed by atoms with Gasteiger partial charge in [0.15, 0.2) is 0 Å². The van der Waals surface area contributed by atoms with Crippen LogP contribution in [-0.4, -0.2) is 70.1 Å². The van der Waals surface area contributed by atoms with Crippen molar-refractivity contribution in [1.82, 2.24) is 19.7 Å². The van der Waals surface area contributed by atoms with E-state index in [-0.39, 0.29) is 24.3 Å². The summed E-state index contributed by atoms with van der Waals surface area (Å²) in [7, 11) is 0. The van der Waals surface area contributed by atoms with Crippen molar-refractivity contribution in [3.05, 3.63) is 51.5 Å². The third-order valence-corrected chi connectivity index (χ3v) is 6.67. The largest absolute Gasteiger partial charge is 0.339 e. The number of imide groups is 1. The smallest absolute Gasteiger partial charge is 0.262 e. The summed E-state index contributed by atoms with van der Waals surface area (Å²) in [6.07, 6.45) is 2.52. The van der Waals surface area contributed by atoms with Gasteiger partial charge in [0.1, 0.15) is 11.6 Å². The van der Waals surface area contributed by atoms with E-state index in [0.717, 1.165) is 29.5 Å². The van der Waals surface area contributed by atoms with Gasteiger partial charge in [0.05, 0.1) is 23.4 Å². The molecule has 3 heterocycles. The van der Waals surface area contributed by atoms with Crippen LogP contribution in [0.3, 0.4) is 0 Å². The van der Waals surface area contributed by atoms with Crippen LogP contribution in [0.25, 0.3) is 0 Å². The lowest BCUT2D eigenvalue weighted by Gasteiger charge is -2.34. The highest BCUT2D eigenvalue weighted by molar-refractivity contribution is 7.09. The summed E-state index contributed by atoms with van der Waals surface area (Å²) >= 11 is 1.72. The molecule has 0 atom stereocenters. The van der Waals surface area contributed by atoms with Crippen LogP contribution >= 0.6 is 11.3 Å². The van der Waals surface area contributed by atoms with Crippen molar-refractivity contribution in [2.45, 2.75) is 25.3 Å². The van der Waals surface area contributed by atoms with Crippen LogP contribution in [0.15, 0.2) is 29.6 Å². The molecule has 1 aromatic carbocycles. The highest BCUT2D eigenvalue weighted by atomic mass is 32.1. The summed E-state index contributed by atoms with van der Waals surface area (Å²) in [6.45, 7) is 3.37. The predicted molar refractivity (Wildman–Crippen MR) is 108 cm³/mol. The van der Waals surface area contributed by atoms with Gasteiger partial charge in [0.2, 0.25) is 5.91 Å². The second kappa shape index (κ2) is 7.35. The molecule has 1 aromatic heterocycles. The van der Waals surface area contributed by atoms with E-state index in [0.29, 0.717) is 30.1 Å². The van der Waals surface area contributed by atoms with Crippen LogP contribution in [0, 0.1) is 0 Å². The number of hydrogen-bond acceptors (Lipinski definition) is 6. The molecule has 29 heavy (non-hydrogen) atoms. The Balaban J connectivity index is 1.14. The summed E-state index contributed by atoms with van der Waals surface area (Å²) in [5.74, 6) is -0.262. The summed E-state index contributed by atoms with van der Waals surface area (Å²) in [5.41, 5.74) is 1.99. The third-order valence-electron chi connectivity index (χ3n) is 5.82. The molecule has 2 aliphatic heterocycles. The van der Waals surface area contributed by atoms with E-state index < -0.39 is 0 Å². The highest BCUT2D eigenvalue weighted by Gasteiger charge is 2.37. The van der Waals surface area contributed by atoms with Gasteiger partial charge in [0, 0.05) is 37.5 Å². The number of fused-ring (bicyclic) bond motifs is 1. The van der Waals surface area contributed by atoms with Crippen molar-refractivity contribution in [2.75, 3.05) is 32.7 Å². The summed E-state index contributed by atoms with van der Waals surface area (Å²) in [6, 6.07) is 6.72. The Morgan fingerprint density at radius 1 is 1.03 bits per heavy atom. The molecule has 3 aliphatic rings. The topological polar surface area (TPSA) is 73.8 Å². The summed E-state index contributed by atoms with van der Waals surface area (Å²) in [5, 5.41) is 3.31. The van der Waals surface area contributed by atoms with Gasteiger partial charge in [-0.25, -0.2) is 4.98 Å². The zero-order chi connectivity index (χ0) is 20.0. The minimum Gasteiger partial charge on any atom is -0.339 e. The Bertz CT molecular complexity index is 941. The lowest BCUT2D eigenvalue weighted by atomic mass is 10.1. The first kappa shape index (κ1) is 18.4. The van der Waals surface area contributed by atoms with Crippen LogP contribution in [0.2, 0.25) is 0 Å². The third kappa shape index (κ3) is 3.58. The number of thiazole rings is 1. The molecule has 8 heteroatoms. The highest BCUT2D eigenvalue weighted by Crippen LogP contribution is 2.40. The van der Waals surface area contributed by atoms with Gasteiger partial charge < -0.3 is 4.90 Å². The van der Waals surface area contributed by atoms with Gasteiger partial charge >= 0.3 is 0 Å². The fraction of sp³-hybridized carbons (Fsp3) is 0.429. The Labute approximate surface area is 172 Å². The molecule has 3 amide bonds. The molecule has 0 N–H and O–H groups in total. The maximum absolute atomic E-state index is 12.7. The zero-order valence-corrected chi connectivity index (χ0v) is 16.9. The molecule has 7 nitrogen and oxygen atoms in total. The minimum absolute atomic E-state index is 0.176. The molecule has 0 spiro atoms. The van der Waals surface area contributed by atoms with E-state index in [1.807, 2.05) is 0 Å². The standard InChI is InChI=1S/C21H22N4O3S/c26-19(12-25-20(27)15-3-1-2-4-16(15)21(25)28)24-9-7-23(8-10-24)11-18-22-17(13-29-18)14-5-6-14/h1-4,13-14H,5-12H2. The Morgan fingerprint density at radius 2 is 1.69 bits per heavy atom. The van der Waals surface area contributed by atoms with Crippen molar-refractivity contribution in [3.63, 3.8) is 0 Å². The Kier molecular flexibility index (Phi) is 4.67. The normalized spacial score (nSPS) is 19.7. The van der Waals surface area contributed by atoms with E-state index >= 15 is 0 Å². The quantitative estimate of drug-likeness (QED) is 0.705. The van der Waals surface area contributed by atoms with Crippen molar-refractivity contribution in [2.24, 2.45) is 0 Å². The fourth-order valence-electron chi connectivity index (χ4n) is 3.93. The van der Waals surface area contributed by atoms with Gasteiger partial charge in [0.25, 0.3) is 11.8 Å². The first-order valence-electron chi connectivity index (χ1n) is 10.00. The van der Waals surface area contributed by atoms with Crippen LogP contribution in [0.4, 0.5) is 0 Å². The van der Waals surface area contributed by atoms with Gasteiger partial charge in [-0.3, -0.25) is 24.2 Å². The molecule has 0 bridgehead atoms. The number of aromatic nitrogens is 1. The number of benzene rings is 1. The van der Waals surface area contributed by atoms with E-state index in [1.54, 1.807) is 40.5 Å². The van der Waals surface area contributed by atoms with Crippen molar-refractivity contribution in [1.29, 1.82) is 0 Å². The molecular weight excluding hydrogens is 388 g/mol. The number of carbonyl (C=O) groups is 3. The van der Waals surface area contributed by atoms with Gasteiger partial charge in [-0.2, -0.15) is 0 Å². The predicted octanol–water partition coefficient (Wildman–Crippen LogP) is 1.96. The molecule has 5 rings (SSSR count). The lowest BCUT2D eigenvalue weighted by Crippen LogP contribution is -2.51. The zero-order valence-electron chi connectivity index (χ0n) is 16.0. The molecule has 1 aliphatic carbocycles. The number of carbonyl (C=O) groups excluding carboxylic acids is 3. The molecule has 2 aromatic rings. The SMILES string of the molecule is O=C(CN1C(=O)c2ccccc2C1=O)N1CCN(Cc2nc(C3CC3)cs2)CC1. The van der Waals surface area contributed by atoms with E-state index in [4.69, 9.17) is 4.98 Å². The minimum atomic E-state index is -0.382. The first-order valence-corrected chi connectivity index (χ1v) is 10.9. The Hall–Kier alpha value is -2.58. The number of nitrogens with zero attached hydrogens (tertiary/aromatic N) is 4. The maximum Gasteiger partial charge on any atom is 0.262 e. The number of rotatable bonds is 5. The van der Waals surface area contributed by atoms with Crippen molar-refractivity contribution in [3.8, 4) is 0 Å². The van der Waals surface area contributed by atoms with Crippen molar-refractivity contribution >= 4 is 29.1 Å². The van der Waals surface area contributed by atoms with Gasteiger partial charge in [-0.15, -0.1) is 11.3 Å². The molecule has 0 unspecified atom stereocenters. The molecular formula is C21H22N4O3S. The van der Waals surface area contributed by atoms with Crippen LogP contribution < -0.4 is 0 Å². The fourth-order valence-corrected chi connectivity index (χ4v) is 4.85. The van der Waals surface area contributed by atoms with E-state index in [9.17, 15) is 14.4 Å². The maximum atomic E-state index is 12.7. The van der Waals surface area contributed by atoms with E-state index in [1.165, 1.54) is 18.5 Å². The monoisotopic (exact) mass is 410 g/mol. The number of amides is 3. The molecule has 2 fully saturated rings. The first-order chi connectivity index (χ1) is 14.1. The van der Waals surface area contributed by atoms with Crippen molar-refractivity contribution < 1.29 is 14.4 Å². The average molecular weight is 410 g/mol. The van der Waals surface area contributed by atoms with Gasteiger partial charge in [-0.1, -0.05) is 12.1 Å². The second-order valence-electron chi connectivity index (χ2n) is 7.84. The van der Waals surface area contributed by atoms with E-state index in [2.05, 4.69) is 10.3 Å². The second-order valence-corrected chi connectivity index (χ2v) is 8.78. The summed E-state index contributed by atoms with van der Waals surface area (Å²) < 4.78 is 0. The number of piperazine rings is 1. The Morgan fingerprint density at radius 3 is 2.31 bits per heavy atom. The summed E-state index contributed by atoms with van der Waals surface area (Å²) in [4.78, 5) is 47.5. The van der Waals surface area contributed by atoms with Crippen LogP contribution in [0.1, 0.15) is 50.2 Å². The van der Waals surface area contributed by atoms with Gasteiger partial charge in [-0.05, 0) is 25.0 Å². The number of hydrogen-bond donors (Lipinski definition) is 0. The lowest BCUT2D eigenvalue weighted by molar-refractivity contribution is -0.133. The van der Waals surface area contributed by atoms with Crippen LogP contribution in [-0.2, 0) is 11.3 Å². The molecule has 150 valence electrons. The average Bonchev–Trinajstić information content (AvgIpc) is 3.45.